The zero-order valence-corrected chi connectivity index (χ0v) is 8.29. The Labute approximate surface area is 79.7 Å². The van der Waals surface area contributed by atoms with Gasteiger partial charge in [-0.3, -0.25) is 0 Å². The second-order valence-electron chi connectivity index (χ2n) is 3.43. The highest BCUT2D eigenvalue weighted by Gasteiger charge is 1.96. The van der Waals surface area contributed by atoms with Crippen molar-refractivity contribution < 1.29 is 4.74 Å². The van der Waals surface area contributed by atoms with Crippen LogP contribution in [0.2, 0.25) is 0 Å². The molecule has 0 saturated heterocycles. The lowest BCUT2D eigenvalue weighted by Gasteiger charge is -2.08. The van der Waals surface area contributed by atoms with Crippen LogP contribution in [0, 0.1) is 6.92 Å². The Bertz CT molecular complexity index is 258. The Balaban J connectivity index is 2.37. The molecule has 0 aliphatic rings. The molecule has 0 saturated carbocycles. The van der Waals surface area contributed by atoms with Gasteiger partial charge in [-0.05, 0) is 38.0 Å². The third-order valence-corrected chi connectivity index (χ3v) is 1.83. The molecule has 0 aromatic heterocycles. The third kappa shape index (κ3) is 3.95. The predicted octanol–water partition coefficient (Wildman–Crippen LogP) is 2.11. The first-order chi connectivity index (χ1) is 6.18. The normalized spacial score (nSPS) is 12.5. The average Bonchev–Trinajstić information content (AvgIpc) is 2.03. The number of hydrogen-bond acceptors (Lipinski definition) is 2. The van der Waals surface area contributed by atoms with E-state index >= 15 is 0 Å². The van der Waals surface area contributed by atoms with E-state index in [1.54, 1.807) is 0 Å². The van der Waals surface area contributed by atoms with Gasteiger partial charge in [0.25, 0.3) is 0 Å². The SMILES string of the molecule is Cc1cccc(OCC[C@H](C)N)c1. The average molecular weight is 179 g/mol. The van der Waals surface area contributed by atoms with Gasteiger partial charge in [0.05, 0.1) is 6.61 Å². The molecule has 0 aliphatic heterocycles. The van der Waals surface area contributed by atoms with Crippen LogP contribution in [0.4, 0.5) is 0 Å². The zero-order valence-electron chi connectivity index (χ0n) is 8.29. The number of hydrogen-bond donors (Lipinski definition) is 1. The molecule has 1 rings (SSSR count). The molecule has 2 N–H and O–H groups in total. The minimum atomic E-state index is 0.213. The quantitative estimate of drug-likeness (QED) is 0.768. The molecular formula is C11H17NO. The topological polar surface area (TPSA) is 35.2 Å². The van der Waals surface area contributed by atoms with Crippen molar-refractivity contribution in [1.29, 1.82) is 0 Å². The maximum absolute atomic E-state index is 5.61. The molecule has 1 aromatic carbocycles. The summed E-state index contributed by atoms with van der Waals surface area (Å²) >= 11 is 0. The van der Waals surface area contributed by atoms with Crippen LogP contribution in [-0.4, -0.2) is 12.6 Å². The highest BCUT2D eigenvalue weighted by molar-refractivity contribution is 5.27. The lowest BCUT2D eigenvalue weighted by Crippen LogP contribution is -2.18. The van der Waals surface area contributed by atoms with Crippen molar-refractivity contribution in [2.45, 2.75) is 26.3 Å². The monoisotopic (exact) mass is 179 g/mol. The van der Waals surface area contributed by atoms with E-state index in [1.807, 2.05) is 25.1 Å². The predicted molar refractivity (Wildman–Crippen MR) is 54.9 cm³/mol. The molecule has 2 heteroatoms. The van der Waals surface area contributed by atoms with Gasteiger partial charge >= 0.3 is 0 Å². The van der Waals surface area contributed by atoms with E-state index in [0.717, 1.165) is 12.2 Å². The number of rotatable bonds is 4. The van der Waals surface area contributed by atoms with E-state index in [2.05, 4.69) is 13.0 Å². The van der Waals surface area contributed by atoms with Gasteiger partial charge in [0.1, 0.15) is 5.75 Å². The summed E-state index contributed by atoms with van der Waals surface area (Å²) in [5.41, 5.74) is 6.83. The maximum atomic E-state index is 5.61. The molecule has 0 bridgehead atoms. The summed E-state index contributed by atoms with van der Waals surface area (Å²) in [7, 11) is 0. The van der Waals surface area contributed by atoms with Gasteiger partial charge < -0.3 is 10.5 Å². The Kier molecular flexibility index (Phi) is 3.77. The first-order valence-corrected chi connectivity index (χ1v) is 4.63. The Morgan fingerprint density at radius 1 is 1.46 bits per heavy atom. The molecule has 0 heterocycles. The van der Waals surface area contributed by atoms with Gasteiger partial charge in [0, 0.05) is 6.04 Å². The van der Waals surface area contributed by atoms with Crippen LogP contribution < -0.4 is 10.5 Å². The highest BCUT2D eigenvalue weighted by atomic mass is 16.5. The molecule has 0 unspecified atom stereocenters. The standard InChI is InChI=1S/C11H17NO/c1-9-4-3-5-11(8-9)13-7-6-10(2)12/h3-5,8,10H,6-7,12H2,1-2H3/t10-/m0/s1. The maximum Gasteiger partial charge on any atom is 0.119 e. The van der Waals surface area contributed by atoms with Crippen molar-refractivity contribution >= 4 is 0 Å². The molecule has 13 heavy (non-hydrogen) atoms. The van der Waals surface area contributed by atoms with Crippen molar-refractivity contribution in [3.05, 3.63) is 29.8 Å². The first kappa shape index (κ1) is 10.1. The summed E-state index contributed by atoms with van der Waals surface area (Å²) in [5.74, 6) is 0.931. The molecular weight excluding hydrogens is 162 g/mol. The van der Waals surface area contributed by atoms with E-state index in [1.165, 1.54) is 5.56 Å². The molecule has 0 aliphatic carbocycles. The van der Waals surface area contributed by atoms with Crippen LogP contribution in [0.3, 0.4) is 0 Å². The third-order valence-electron chi connectivity index (χ3n) is 1.83. The first-order valence-electron chi connectivity index (χ1n) is 4.63. The lowest BCUT2D eigenvalue weighted by molar-refractivity contribution is 0.301. The number of ether oxygens (including phenoxy) is 1. The van der Waals surface area contributed by atoms with Crippen LogP contribution in [-0.2, 0) is 0 Å². The molecule has 1 atom stereocenters. The van der Waals surface area contributed by atoms with Crippen LogP contribution in [0.15, 0.2) is 24.3 Å². The molecule has 72 valence electrons. The number of nitrogens with two attached hydrogens (primary N) is 1. The van der Waals surface area contributed by atoms with Gasteiger partial charge in [0.2, 0.25) is 0 Å². The van der Waals surface area contributed by atoms with E-state index in [-0.39, 0.29) is 6.04 Å². The van der Waals surface area contributed by atoms with E-state index in [4.69, 9.17) is 10.5 Å². The molecule has 2 nitrogen and oxygen atoms in total. The largest absolute Gasteiger partial charge is 0.494 e. The van der Waals surface area contributed by atoms with E-state index in [9.17, 15) is 0 Å². The summed E-state index contributed by atoms with van der Waals surface area (Å²) < 4.78 is 5.52. The fourth-order valence-corrected chi connectivity index (χ4v) is 1.07. The molecule has 0 spiro atoms. The van der Waals surface area contributed by atoms with Gasteiger partial charge in [-0.25, -0.2) is 0 Å². The number of benzene rings is 1. The van der Waals surface area contributed by atoms with Gasteiger partial charge in [-0.2, -0.15) is 0 Å². The Morgan fingerprint density at radius 2 is 2.23 bits per heavy atom. The minimum Gasteiger partial charge on any atom is -0.494 e. The Hall–Kier alpha value is -1.02. The molecule has 0 amide bonds. The summed E-state index contributed by atoms with van der Waals surface area (Å²) in [5, 5.41) is 0. The fourth-order valence-electron chi connectivity index (χ4n) is 1.07. The van der Waals surface area contributed by atoms with Crippen LogP contribution in [0.1, 0.15) is 18.9 Å². The van der Waals surface area contributed by atoms with Crippen molar-refractivity contribution in [2.75, 3.05) is 6.61 Å². The Morgan fingerprint density at radius 3 is 2.85 bits per heavy atom. The molecule has 1 aromatic rings. The smallest absolute Gasteiger partial charge is 0.119 e. The minimum absolute atomic E-state index is 0.213. The van der Waals surface area contributed by atoms with Crippen LogP contribution in [0.5, 0.6) is 5.75 Å². The lowest BCUT2D eigenvalue weighted by atomic mass is 10.2. The molecule has 0 radical (unpaired) electrons. The second kappa shape index (κ2) is 4.87. The fraction of sp³-hybridized carbons (Fsp3) is 0.455. The zero-order chi connectivity index (χ0) is 9.68. The van der Waals surface area contributed by atoms with Gasteiger partial charge in [-0.1, -0.05) is 12.1 Å². The van der Waals surface area contributed by atoms with E-state index < -0.39 is 0 Å². The summed E-state index contributed by atoms with van der Waals surface area (Å²) in [6.45, 7) is 4.74. The van der Waals surface area contributed by atoms with E-state index in [0.29, 0.717) is 6.61 Å². The van der Waals surface area contributed by atoms with Crippen molar-refractivity contribution in [1.82, 2.24) is 0 Å². The molecule has 0 fully saturated rings. The van der Waals surface area contributed by atoms with Crippen molar-refractivity contribution in [2.24, 2.45) is 5.73 Å². The van der Waals surface area contributed by atoms with Crippen molar-refractivity contribution in [3.8, 4) is 5.75 Å². The summed E-state index contributed by atoms with van der Waals surface area (Å²) in [4.78, 5) is 0. The summed E-state index contributed by atoms with van der Waals surface area (Å²) in [6.07, 6.45) is 0.897. The van der Waals surface area contributed by atoms with Gasteiger partial charge in [0.15, 0.2) is 0 Å². The van der Waals surface area contributed by atoms with Crippen LogP contribution in [0.25, 0.3) is 0 Å². The van der Waals surface area contributed by atoms with Crippen molar-refractivity contribution in [3.63, 3.8) is 0 Å². The number of aryl methyl sites for hydroxylation is 1. The van der Waals surface area contributed by atoms with Gasteiger partial charge in [-0.15, -0.1) is 0 Å². The summed E-state index contributed by atoms with van der Waals surface area (Å²) in [6, 6.07) is 8.26. The highest BCUT2D eigenvalue weighted by Crippen LogP contribution is 2.12. The van der Waals surface area contributed by atoms with Crippen LogP contribution >= 0.6 is 0 Å². The second-order valence-corrected chi connectivity index (χ2v) is 3.43.